The van der Waals surface area contributed by atoms with Crippen molar-refractivity contribution in [3.05, 3.63) is 34.0 Å². The Labute approximate surface area is 126 Å². The van der Waals surface area contributed by atoms with Gasteiger partial charge < -0.3 is 5.32 Å². The number of hydrogen-bond acceptors (Lipinski definition) is 5. The molecule has 3 heterocycles. The molecule has 0 spiro atoms. The Morgan fingerprint density at radius 1 is 1.55 bits per heavy atom. The lowest BCUT2D eigenvalue weighted by atomic mass is 10.1. The van der Waals surface area contributed by atoms with Crippen LogP contribution in [-0.4, -0.2) is 28.4 Å². The van der Waals surface area contributed by atoms with Crippen LogP contribution in [0.1, 0.15) is 31.4 Å². The van der Waals surface area contributed by atoms with Gasteiger partial charge in [0.1, 0.15) is 0 Å². The molecular weight excluding hydrogens is 290 g/mol. The van der Waals surface area contributed by atoms with Crippen molar-refractivity contribution < 1.29 is 4.79 Å². The van der Waals surface area contributed by atoms with Crippen LogP contribution in [0.5, 0.6) is 0 Å². The molecule has 0 bridgehead atoms. The summed E-state index contributed by atoms with van der Waals surface area (Å²) in [6, 6.07) is 2.41. The number of carbonyl (C=O) groups excluding carboxylic acids is 1. The highest BCUT2D eigenvalue weighted by atomic mass is 32.1. The summed E-state index contributed by atoms with van der Waals surface area (Å²) in [5, 5.41) is 9.73. The number of anilines is 1. The van der Waals surface area contributed by atoms with Gasteiger partial charge in [-0.3, -0.25) is 9.69 Å². The van der Waals surface area contributed by atoms with E-state index in [0.717, 1.165) is 19.4 Å². The summed E-state index contributed by atoms with van der Waals surface area (Å²) >= 11 is 3.17. The third kappa shape index (κ3) is 2.77. The number of carbonyl (C=O) groups is 1. The minimum absolute atomic E-state index is 0.0297. The van der Waals surface area contributed by atoms with E-state index in [2.05, 4.69) is 32.0 Å². The van der Waals surface area contributed by atoms with Gasteiger partial charge in [0.25, 0.3) is 0 Å². The molecule has 6 heteroatoms. The second-order valence-corrected chi connectivity index (χ2v) is 6.63. The molecule has 106 valence electrons. The molecule has 1 amide bonds. The summed E-state index contributed by atoms with van der Waals surface area (Å²) in [7, 11) is 0. The molecule has 1 N–H and O–H groups in total. The summed E-state index contributed by atoms with van der Waals surface area (Å²) in [6.45, 7) is 2.96. The van der Waals surface area contributed by atoms with Gasteiger partial charge in [-0.05, 0) is 48.7 Å². The van der Waals surface area contributed by atoms with Gasteiger partial charge in [0.15, 0.2) is 5.13 Å². The Hall–Kier alpha value is -1.24. The Kier molecular flexibility index (Phi) is 4.14. The van der Waals surface area contributed by atoms with Crippen molar-refractivity contribution in [1.82, 2.24) is 9.88 Å². The number of amides is 1. The van der Waals surface area contributed by atoms with E-state index in [0.29, 0.717) is 11.2 Å². The smallest absolute Gasteiger partial charge is 0.243 e. The first kappa shape index (κ1) is 13.7. The quantitative estimate of drug-likeness (QED) is 0.942. The standard InChI is InChI=1S/C14H17N3OS2/c1-10(13(18)16-14-15-5-8-20-14)17-6-2-3-12(17)11-4-7-19-9-11/h4-5,7-10,12H,2-3,6H2,1H3,(H,15,16,18). The molecule has 1 aliphatic heterocycles. The van der Waals surface area contributed by atoms with E-state index in [1.807, 2.05) is 12.3 Å². The van der Waals surface area contributed by atoms with E-state index in [9.17, 15) is 4.79 Å². The minimum atomic E-state index is -0.133. The van der Waals surface area contributed by atoms with E-state index in [1.54, 1.807) is 17.5 Å². The third-order valence-electron chi connectivity index (χ3n) is 3.76. The largest absolute Gasteiger partial charge is 0.301 e. The van der Waals surface area contributed by atoms with E-state index < -0.39 is 0 Å². The van der Waals surface area contributed by atoms with Gasteiger partial charge in [0.2, 0.25) is 5.91 Å². The minimum Gasteiger partial charge on any atom is -0.301 e. The zero-order chi connectivity index (χ0) is 13.9. The number of thiophene rings is 1. The molecule has 0 saturated carbocycles. The number of nitrogens with zero attached hydrogens (tertiary/aromatic N) is 2. The van der Waals surface area contributed by atoms with Crippen molar-refractivity contribution >= 4 is 33.7 Å². The predicted octanol–water partition coefficient (Wildman–Crippen LogP) is 3.37. The van der Waals surface area contributed by atoms with E-state index >= 15 is 0 Å². The maximum atomic E-state index is 12.3. The van der Waals surface area contributed by atoms with Gasteiger partial charge in [-0.2, -0.15) is 11.3 Å². The molecule has 2 atom stereocenters. The second-order valence-electron chi connectivity index (χ2n) is 4.96. The summed E-state index contributed by atoms with van der Waals surface area (Å²) in [5.41, 5.74) is 1.33. The zero-order valence-corrected chi connectivity index (χ0v) is 12.9. The molecule has 1 fully saturated rings. The van der Waals surface area contributed by atoms with Gasteiger partial charge in [0, 0.05) is 17.6 Å². The van der Waals surface area contributed by atoms with Crippen LogP contribution in [0.3, 0.4) is 0 Å². The SMILES string of the molecule is CC(C(=O)Nc1nccs1)N1CCCC1c1ccsc1. The molecule has 4 nitrogen and oxygen atoms in total. The van der Waals surface area contributed by atoms with Gasteiger partial charge in [-0.1, -0.05) is 0 Å². The third-order valence-corrected chi connectivity index (χ3v) is 5.15. The molecule has 0 aromatic carbocycles. The normalized spacial score (nSPS) is 20.9. The fraction of sp³-hybridized carbons (Fsp3) is 0.429. The Morgan fingerprint density at radius 2 is 2.45 bits per heavy atom. The Balaban J connectivity index is 1.69. The van der Waals surface area contributed by atoms with Gasteiger partial charge in [0.05, 0.1) is 6.04 Å². The molecule has 0 radical (unpaired) electrons. The maximum absolute atomic E-state index is 12.3. The molecule has 1 saturated heterocycles. The number of nitrogens with one attached hydrogen (secondary N) is 1. The average molecular weight is 307 g/mol. The number of rotatable bonds is 4. The first-order chi connectivity index (χ1) is 9.75. The fourth-order valence-corrected chi connectivity index (χ4v) is 3.96. The molecule has 2 aromatic rings. The number of aromatic nitrogens is 1. The number of thiazole rings is 1. The van der Waals surface area contributed by atoms with E-state index in [-0.39, 0.29) is 11.9 Å². The van der Waals surface area contributed by atoms with E-state index in [4.69, 9.17) is 0 Å². The van der Waals surface area contributed by atoms with Gasteiger partial charge in [-0.15, -0.1) is 11.3 Å². The predicted molar refractivity (Wildman–Crippen MR) is 83.2 cm³/mol. The van der Waals surface area contributed by atoms with Crippen LogP contribution >= 0.6 is 22.7 Å². The van der Waals surface area contributed by atoms with Crippen molar-refractivity contribution in [3.8, 4) is 0 Å². The highest BCUT2D eigenvalue weighted by Gasteiger charge is 2.33. The molecular formula is C14H17N3OS2. The number of likely N-dealkylation sites (tertiary alicyclic amines) is 1. The highest BCUT2D eigenvalue weighted by molar-refractivity contribution is 7.13. The van der Waals surface area contributed by atoms with E-state index in [1.165, 1.54) is 16.9 Å². The van der Waals surface area contributed by atoms with Crippen molar-refractivity contribution in [2.24, 2.45) is 0 Å². The molecule has 20 heavy (non-hydrogen) atoms. The summed E-state index contributed by atoms with van der Waals surface area (Å²) in [6.07, 6.45) is 3.98. The highest BCUT2D eigenvalue weighted by Crippen LogP contribution is 2.34. The van der Waals surface area contributed by atoms with Crippen molar-refractivity contribution in [1.29, 1.82) is 0 Å². The molecule has 1 aliphatic rings. The Morgan fingerprint density at radius 3 is 3.15 bits per heavy atom. The summed E-state index contributed by atoms with van der Waals surface area (Å²) < 4.78 is 0. The maximum Gasteiger partial charge on any atom is 0.243 e. The van der Waals surface area contributed by atoms with Crippen LogP contribution in [0.4, 0.5) is 5.13 Å². The lowest BCUT2D eigenvalue weighted by molar-refractivity contribution is -0.121. The summed E-state index contributed by atoms with van der Waals surface area (Å²) in [4.78, 5) is 18.7. The molecule has 0 aliphatic carbocycles. The van der Waals surface area contributed by atoms with Crippen LogP contribution in [-0.2, 0) is 4.79 Å². The van der Waals surface area contributed by atoms with Gasteiger partial charge in [-0.25, -0.2) is 4.98 Å². The fourth-order valence-electron chi connectivity index (χ4n) is 2.72. The Bertz CT molecular complexity index is 553. The average Bonchev–Trinajstić information content (AvgIpc) is 3.18. The number of hydrogen-bond donors (Lipinski definition) is 1. The monoisotopic (exact) mass is 307 g/mol. The lowest BCUT2D eigenvalue weighted by Gasteiger charge is -2.29. The zero-order valence-electron chi connectivity index (χ0n) is 11.3. The first-order valence-electron chi connectivity index (χ1n) is 6.74. The molecule has 2 aromatic heterocycles. The molecule has 2 unspecified atom stereocenters. The van der Waals surface area contributed by atoms with Crippen molar-refractivity contribution in [2.75, 3.05) is 11.9 Å². The second kappa shape index (κ2) is 6.03. The van der Waals surface area contributed by atoms with Crippen LogP contribution in [0.25, 0.3) is 0 Å². The molecule has 3 rings (SSSR count). The van der Waals surface area contributed by atoms with Crippen LogP contribution in [0, 0.1) is 0 Å². The lowest BCUT2D eigenvalue weighted by Crippen LogP contribution is -2.41. The van der Waals surface area contributed by atoms with Gasteiger partial charge >= 0.3 is 0 Å². The van der Waals surface area contributed by atoms with Crippen LogP contribution < -0.4 is 5.32 Å². The topological polar surface area (TPSA) is 45.2 Å². The summed E-state index contributed by atoms with van der Waals surface area (Å²) in [5.74, 6) is 0.0297. The van der Waals surface area contributed by atoms with Crippen molar-refractivity contribution in [2.45, 2.75) is 31.8 Å². The van der Waals surface area contributed by atoms with Crippen LogP contribution in [0.2, 0.25) is 0 Å². The first-order valence-corrected chi connectivity index (χ1v) is 8.56. The van der Waals surface area contributed by atoms with Crippen LogP contribution in [0.15, 0.2) is 28.4 Å². The van der Waals surface area contributed by atoms with Crippen molar-refractivity contribution in [3.63, 3.8) is 0 Å².